The number of carbonyl (C=O) groups is 1. The van der Waals surface area contributed by atoms with Gasteiger partial charge in [0, 0.05) is 12.4 Å². The van der Waals surface area contributed by atoms with Crippen LogP contribution < -0.4 is 5.32 Å². The van der Waals surface area contributed by atoms with Crippen molar-refractivity contribution in [2.75, 3.05) is 5.32 Å². The zero-order valence-electron chi connectivity index (χ0n) is 8.47. The van der Waals surface area contributed by atoms with Crippen LogP contribution in [0.15, 0.2) is 18.6 Å². The molecule has 5 nitrogen and oxygen atoms in total. The van der Waals surface area contributed by atoms with Gasteiger partial charge in [-0.2, -0.15) is 5.26 Å². The summed E-state index contributed by atoms with van der Waals surface area (Å²) in [6.45, 7) is 1.93. The van der Waals surface area contributed by atoms with E-state index in [1.807, 2.05) is 13.0 Å². The molecule has 78 valence electrons. The quantitative estimate of drug-likeness (QED) is 0.803. The lowest BCUT2D eigenvalue weighted by atomic mass is 10.1. The highest BCUT2D eigenvalue weighted by Gasteiger charge is 2.16. The maximum atomic E-state index is 11.5. The van der Waals surface area contributed by atoms with Crippen LogP contribution in [0.3, 0.4) is 0 Å². The van der Waals surface area contributed by atoms with Gasteiger partial charge in [-0.15, -0.1) is 0 Å². The van der Waals surface area contributed by atoms with Gasteiger partial charge in [0.2, 0.25) is 5.91 Å². The molecule has 0 radical (unpaired) electrons. The molecule has 1 atom stereocenters. The number of amides is 1. The van der Waals surface area contributed by atoms with Crippen molar-refractivity contribution in [3.63, 3.8) is 0 Å². The van der Waals surface area contributed by atoms with E-state index in [1.165, 1.54) is 18.6 Å². The van der Waals surface area contributed by atoms with Gasteiger partial charge in [0.1, 0.15) is 5.92 Å². The Bertz CT molecular complexity index is 357. The zero-order valence-corrected chi connectivity index (χ0v) is 8.47. The summed E-state index contributed by atoms with van der Waals surface area (Å²) in [5.74, 6) is -0.560. The lowest BCUT2D eigenvalue weighted by Crippen LogP contribution is -2.22. The van der Waals surface area contributed by atoms with E-state index in [1.54, 1.807) is 0 Å². The van der Waals surface area contributed by atoms with Gasteiger partial charge in [0.05, 0.1) is 12.3 Å². The maximum absolute atomic E-state index is 11.5. The van der Waals surface area contributed by atoms with Gasteiger partial charge in [-0.05, 0) is 6.42 Å². The standard InChI is InChI=1S/C10H12N4O/c1-2-3-8(6-11)10(15)14-9-7-12-4-5-13-9/h4-5,7-8H,2-3H2,1H3,(H,13,14,15). The lowest BCUT2D eigenvalue weighted by Gasteiger charge is -2.07. The summed E-state index contributed by atoms with van der Waals surface area (Å²) in [5, 5.41) is 11.3. The average molecular weight is 204 g/mol. The molecule has 5 heteroatoms. The summed E-state index contributed by atoms with van der Waals surface area (Å²) in [6, 6.07) is 1.96. The molecule has 1 N–H and O–H groups in total. The SMILES string of the molecule is CCCC(C#N)C(=O)Nc1cnccn1. The summed E-state index contributed by atoms with van der Waals surface area (Å²) in [6.07, 6.45) is 5.80. The number of aromatic nitrogens is 2. The number of rotatable bonds is 4. The van der Waals surface area contributed by atoms with E-state index in [2.05, 4.69) is 15.3 Å². The summed E-state index contributed by atoms with van der Waals surface area (Å²) >= 11 is 0. The van der Waals surface area contributed by atoms with Crippen molar-refractivity contribution in [2.24, 2.45) is 5.92 Å². The fraction of sp³-hybridized carbons (Fsp3) is 0.400. The third-order valence-corrected chi connectivity index (χ3v) is 1.86. The molecule has 0 aliphatic carbocycles. The number of hydrogen-bond donors (Lipinski definition) is 1. The number of anilines is 1. The third kappa shape index (κ3) is 3.35. The molecule has 0 spiro atoms. The Labute approximate surface area is 88.2 Å². The number of hydrogen-bond acceptors (Lipinski definition) is 4. The first-order valence-corrected chi connectivity index (χ1v) is 4.74. The van der Waals surface area contributed by atoms with Crippen molar-refractivity contribution < 1.29 is 4.79 Å². The molecular weight excluding hydrogens is 192 g/mol. The fourth-order valence-electron chi connectivity index (χ4n) is 1.12. The van der Waals surface area contributed by atoms with Crippen LogP contribution in [0.1, 0.15) is 19.8 Å². The van der Waals surface area contributed by atoms with E-state index in [-0.39, 0.29) is 5.91 Å². The van der Waals surface area contributed by atoms with Crippen LogP contribution in [0.5, 0.6) is 0 Å². The summed E-state index contributed by atoms with van der Waals surface area (Å²) < 4.78 is 0. The average Bonchev–Trinajstić information content (AvgIpc) is 2.27. The molecule has 1 amide bonds. The number of nitrogens with one attached hydrogen (secondary N) is 1. The Morgan fingerprint density at radius 2 is 2.47 bits per heavy atom. The van der Waals surface area contributed by atoms with E-state index in [9.17, 15) is 4.79 Å². The van der Waals surface area contributed by atoms with Gasteiger partial charge in [0.25, 0.3) is 0 Å². The number of nitrogens with zero attached hydrogens (tertiary/aromatic N) is 3. The summed E-state index contributed by atoms with van der Waals surface area (Å²) in [5.41, 5.74) is 0. The second-order valence-corrected chi connectivity index (χ2v) is 3.05. The van der Waals surface area contributed by atoms with Crippen molar-refractivity contribution in [1.82, 2.24) is 9.97 Å². The summed E-state index contributed by atoms with van der Waals surface area (Å²) in [7, 11) is 0. The molecule has 1 heterocycles. The van der Waals surface area contributed by atoms with Gasteiger partial charge in [0.15, 0.2) is 5.82 Å². The molecule has 0 aromatic carbocycles. The van der Waals surface area contributed by atoms with Crippen molar-refractivity contribution in [3.05, 3.63) is 18.6 Å². The van der Waals surface area contributed by atoms with E-state index in [0.29, 0.717) is 12.2 Å². The largest absolute Gasteiger partial charge is 0.308 e. The molecule has 1 rings (SSSR count). The molecule has 1 aromatic heterocycles. The summed E-state index contributed by atoms with van der Waals surface area (Å²) in [4.78, 5) is 19.2. The Kier molecular flexibility index (Phi) is 4.23. The molecule has 0 saturated carbocycles. The molecule has 0 fully saturated rings. The molecule has 1 aromatic rings. The van der Waals surface area contributed by atoms with Crippen molar-refractivity contribution in [1.29, 1.82) is 5.26 Å². The second-order valence-electron chi connectivity index (χ2n) is 3.05. The van der Waals surface area contributed by atoms with Crippen LogP contribution in [0.4, 0.5) is 5.82 Å². The van der Waals surface area contributed by atoms with Crippen molar-refractivity contribution in [2.45, 2.75) is 19.8 Å². The Hall–Kier alpha value is -1.96. The third-order valence-electron chi connectivity index (χ3n) is 1.86. The molecule has 1 unspecified atom stereocenters. The van der Waals surface area contributed by atoms with Crippen molar-refractivity contribution >= 4 is 11.7 Å². The van der Waals surface area contributed by atoms with Gasteiger partial charge in [-0.25, -0.2) is 4.98 Å². The van der Waals surface area contributed by atoms with E-state index < -0.39 is 5.92 Å². The highest BCUT2D eigenvalue weighted by atomic mass is 16.1. The van der Waals surface area contributed by atoms with Crippen molar-refractivity contribution in [3.8, 4) is 6.07 Å². The van der Waals surface area contributed by atoms with Crippen LogP contribution in [0, 0.1) is 17.2 Å². The predicted octanol–water partition coefficient (Wildman–Crippen LogP) is 1.35. The van der Waals surface area contributed by atoms with E-state index in [0.717, 1.165) is 6.42 Å². The molecule has 0 aliphatic heterocycles. The first kappa shape index (κ1) is 11.1. The molecule has 0 saturated heterocycles. The Balaban J connectivity index is 2.59. The van der Waals surface area contributed by atoms with Gasteiger partial charge in [-0.3, -0.25) is 9.78 Å². The molecular formula is C10H12N4O. The number of carbonyl (C=O) groups excluding carboxylic acids is 1. The Morgan fingerprint density at radius 3 is 3.00 bits per heavy atom. The van der Waals surface area contributed by atoms with Crippen LogP contribution >= 0.6 is 0 Å². The fourth-order valence-corrected chi connectivity index (χ4v) is 1.12. The first-order valence-electron chi connectivity index (χ1n) is 4.74. The maximum Gasteiger partial charge on any atom is 0.242 e. The minimum atomic E-state index is -0.614. The highest BCUT2D eigenvalue weighted by molar-refractivity contribution is 5.93. The minimum Gasteiger partial charge on any atom is -0.308 e. The lowest BCUT2D eigenvalue weighted by molar-refractivity contribution is -0.118. The van der Waals surface area contributed by atoms with Crippen LogP contribution in [-0.2, 0) is 4.79 Å². The topological polar surface area (TPSA) is 78.7 Å². The number of nitriles is 1. The van der Waals surface area contributed by atoms with Gasteiger partial charge in [-0.1, -0.05) is 13.3 Å². The van der Waals surface area contributed by atoms with Crippen LogP contribution in [0.2, 0.25) is 0 Å². The Morgan fingerprint density at radius 1 is 1.67 bits per heavy atom. The second kappa shape index (κ2) is 5.70. The van der Waals surface area contributed by atoms with E-state index >= 15 is 0 Å². The van der Waals surface area contributed by atoms with Gasteiger partial charge < -0.3 is 5.32 Å². The van der Waals surface area contributed by atoms with Gasteiger partial charge >= 0.3 is 0 Å². The molecule has 15 heavy (non-hydrogen) atoms. The zero-order chi connectivity index (χ0) is 11.1. The van der Waals surface area contributed by atoms with Crippen LogP contribution in [-0.4, -0.2) is 15.9 Å². The minimum absolute atomic E-state index is 0.320. The molecule has 0 bridgehead atoms. The van der Waals surface area contributed by atoms with E-state index in [4.69, 9.17) is 5.26 Å². The predicted molar refractivity (Wildman–Crippen MR) is 54.7 cm³/mol. The normalized spacial score (nSPS) is 11.5. The monoisotopic (exact) mass is 204 g/mol. The highest BCUT2D eigenvalue weighted by Crippen LogP contribution is 2.08. The van der Waals surface area contributed by atoms with Crippen LogP contribution in [0.25, 0.3) is 0 Å². The molecule has 0 aliphatic rings. The first-order chi connectivity index (χ1) is 7.27. The smallest absolute Gasteiger partial charge is 0.242 e.